The van der Waals surface area contributed by atoms with Gasteiger partial charge in [-0.05, 0) is 22.4 Å². The summed E-state index contributed by atoms with van der Waals surface area (Å²) >= 11 is 0. The number of hydrogen-bond acceptors (Lipinski definition) is 1. The van der Waals surface area contributed by atoms with Crippen LogP contribution >= 0.6 is 0 Å². The van der Waals surface area contributed by atoms with Gasteiger partial charge in [0.15, 0.2) is 0 Å². The Labute approximate surface area is 136 Å². The van der Waals surface area contributed by atoms with Crippen molar-refractivity contribution >= 4 is 22.8 Å². The van der Waals surface area contributed by atoms with Gasteiger partial charge in [0.1, 0.15) is 0 Å². The average molecular weight is 301 g/mol. The first-order valence-electron chi connectivity index (χ1n) is 7.70. The third-order valence-electron chi connectivity index (χ3n) is 3.86. The summed E-state index contributed by atoms with van der Waals surface area (Å²) in [5.41, 5.74) is 1.89. The van der Waals surface area contributed by atoms with Crippen LogP contribution in [0.25, 0.3) is 16.8 Å². The van der Waals surface area contributed by atoms with E-state index < -0.39 is 0 Å². The van der Waals surface area contributed by atoms with Crippen LogP contribution in [0.2, 0.25) is 0 Å². The molecule has 0 spiro atoms. The molecule has 3 rings (SSSR count). The number of amides is 1. The first-order valence-corrected chi connectivity index (χ1v) is 7.70. The minimum Gasteiger partial charge on any atom is -0.338 e. The van der Waals surface area contributed by atoms with Gasteiger partial charge in [0.25, 0.3) is 5.91 Å². The maximum atomic E-state index is 12.7. The fourth-order valence-electron chi connectivity index (χ4n) is 2.61. The molecule has 0 bridgehead atoms. The topological polar surface area (TPSA) is 20.3 Å². The van der Waals surface area contributed by atoms with E-state index in [0.717, 1.165) is 21.9 Å². The van der Waals surface area contributed by atoms with E-state index in [9.17, 15) is 4.79 Å². The van der Waals surface area contributed by atoms with Crippen LogP contribution in [0.5, 0.6) is 0 Å². The Kier molecular flexibility index (Phi) is 4.53. The quantitative estimate of drug-likeness (QED) is 0.688. The van der Waals surface area contributed by atoms with Crippen LogP contribution in [0.3, 0.4) is 0 Å². The molecule has 0 radical (unpaired) electrons. The second-order valence-electron chi connectivity index (χ2n) is 5.53. The Morgan fingerprint density at radius 1 is 0.913 bits per heavy atom. The lowest BCUT2D eigenvalue weighted by Crippen LogP contribution is -2.26. The van der Waals surface area contributed by atoms with E-state index in [2.05, 4.69) is 0 Å². The highest BCUT2D eigenvalue weighted by Crippen LogP contribution is 2.19. The number of carbonyl (C=O) groups excluding carboxylic acids is 1. The molecule has 0 aliphatic rings. The average Bonchev–Trinajstić information content (AvgIpc) is 2.61. The van der Waals surface area contributed by atoms with Crippen LogP contribution in [0.1, 0.15) is 15.9 Å². The summed E-state index contributed by atoms with van der Waals surface area (Å²) in [7, 11) is 1.83. The molecule has 0 N–H and O–H groups in total. The molecular formula is C21H19NO. The maximum Gasteiger partial charge on any atom is 0.254 e. The van der Waals surface area contributed by atoms with Crippen LogP contribution in [-0.2, 0) is 0 Å². The minimum absolute atomic E-state index is 0.0412. The second-order valence-corrected chi connectivity index (χ2v) is 5.53. The number of benzene rings is 3. The molecule has 0 atom stereocenters. The van der Waals surface area contributed by atoms with Crippen molar-refractivity contribution < 1.29 is 4.79 Å². The van der Waals surface area contributed by atoms with E-state index in [-0.39, 0.29) is 5.91 Å². The molecule has 114 valence electrons. The first-order chi connectivity index (χ1) is 11.3. The summed E-state index contributed by atoms with van der Waals surface area (Å²) in [6, 6.07) is 23.9. The van der Waals surface area contributed by atoms with Gasteiger partial charge in [-0.15, -0.1) is 0 Å². The lowest BCUT2D eigenvalue weighted by molar-refractivity contribution is 0.0812. The molecule has 3 aromatic carbocycles. The molecule has 0 saturated carbocycles. The molecule has 0 aliphatic carbocycles. The molecule has 1 amide bonds. The zero-order chi connectivity index (χ0) is 16.1. The summed E-state index contributed by atoms with van der Waals surface area (Å²) in [4.78, 5) is 14.4. The smallest absolute Gasteiger partial charge is 0.254 e. The van der Waals surface area contributed by atoms with E-state index in [1.807, 2.05) is 92.0 Å². The highest BCUT2D eigenvalue weighted by molar-refractivity contribution is 6.06. The van der Waals surface area contributed by atoms with Crippen molar-refractivity contribution in [3.8, 4) is 0 Å². The van der Waals surface area contributed by atoms with Crippen LogP contribution < -0.4 is 0 Å². The van der Waals surface area contributed by atoms with Crippen LogP contribution in [0, 0.1) is 0 Å². The molecular weight excluding hydrogens is 282 g/mol. The number of nitrogens with zero attached hydrogens (tertiary/aromatic N) is 1. The molecule has 0 heterocycles. The Balaban J connectivity index is 1.75. The predicted octanol–water partition coefficient (Wildman–Crippen LogP) is 4.63. The monoisotopic (exact) mass is 301 g/mol. The number of likely N-dealkylation sites (N-methyl/N-ethyl adjacent to an activating group) is 1. The van der Waals surface area contributed by atoms with Crippen LogP contribution in [0.4, 0.5) is 0 Å². The summed E-state index contributed by atoms with van der Waals surface area (Å²) in [5, 5.41) is 2.09. The third-order valence-corrected chi connectivity index (χ3v) is 3.86. The maximum absolute atomic E-state index is 12.7. The van der Waals surface area contributed by atoms with E-state index >= 15 is 0 Å². The zero-order valence-electron chi connectivity index (χ0n) is 13.1. The Morgan fingerprint density at radius 2 is 1.61 bits per heavy atom. The molecule has 2 heteroatoms. The van der Waals surface area contributed by atoms with E-state index in [4.69, 9.17) is 0 Å². The van der Waals surface area contributed by atoms with E-state index in [1.54, 1.807) is 4.90 Å². The largest absolute Gasteiger partial charge is 0.338 e. The third kappa shape index (κ3) is 3.49. The van der Waals surface area contributed by atoms with Crippen LogP contribution in [-0.4, -0.2) is 24.4 Å². The van der Waals surface area contributed by atoms with Gasteiger partial charge in [0.05, 0.1) is 0 Å². The predicted molar refractivity (Wildman–Crippen MR) is 96.4 cm³/mol. The fraction of sp³-hybridized carbons (Fsp3) is 0.0952. The molecule has 0 aliphatic heterocycles. The van der Waals surface area contributed by atoms with Crippen LogP contribution in [0.15, 0.2) is 78.9 Å². The minimum atomic E-state index is 0.0412. The Morgan fingerprint density at radius 3 is 2.43 bits per heavy atom. The molecule has 0 unspecified atom stereocenters. The lowest BCUT2D eigenvalue weighted by Gasteiger charge is -2.16. The molecule has 23 heavy (non-hydrogen) atoms. The van der Waals surface area contributed by atoms with Gasteiger partial charge in [0.2, 0.25) is 0 Å². The van der Waals surface area contributed by atoms with Crippen molar-refractivity contribution in [2.24, 2.45) is 0 Å². The standard InChI is InChI=1S/C21H19NO/c1-22(16-8-11-17-9-3-2-4-10-17)21(23)20-15-7-13-18-12-5-6-14-19(18)20/h2-15H,16H2,1H3/b11-8+. The van der Waals surface area contributed by atoms with Crippen molar-refractivity contribution in [2.75, 3.05) is 13.6 Å². The van der Waals surface area contributed by atoms with Gasteiger partial charge in [0, 0.05) is 19.2 Å². The number of hydrogen-bond donors (Lipinski definition) is 0. The summed E-state index contributed by atoms with van der Waals surface area (Å²) in [5.74, 6) is 0.0412. The molecule has 0 aromatic heterocycles. The Bertz CT molecular complexity index is 831. The van der Waals surface area contributed by atoms with Crippen molar-refractivity contribution in [1.29, 1.82) is 0 Å². The van der Waals surface area contributed by atoms with Crippen molar-refractivity contribution in [1.82, 2.24) is 4.90 Å². The van der Waals surface area contributed by atoms with Gasteiger partial charge in [-0.1, -0.05) is 78.9 Å². The summed E-state index contributed by atoms with van der Waals surface area (Å²) in [6.45, 7) is 0.580. The number of fused-ring (bicyclic) bond motifs is 1. The summed E-state index contributed by atoms with van der Waals surface area (Å²) < 4.78 is 0. The van der Waals surface area contributed by atoms with E-state index in [1.165, 1.54) is 0 Å². The molecule has 2 nitrogen and oxygen atoms in total. The molecule has 0 fully saturated rings. The van der Waals surface area contributed by atoms with Gasteiger partial charge < -0.3 is 4.90 Å². The van der Waals surface area contributed by atoms with Crippen molar-refractivity contribution in [2.45, 2.75) is 0 Å². The Hall–Kier alpha value is -2.87. The normalized spacial score (nSPS) is 11.0. The van der Waals surface area contributed by atoms with Crippen molar-refractivity contribution in [3.05, 3.63) is 90.0 Å². The highest BCUT2D eigenvalue weighted by atomic mass is 16.2. The SMILES string of the molecule is CN(C/C=C/c1ccccc1)C(=O)c1cccc2ccccc12. The van der Waals surface area contributed by atoms with Gasteiger partial charge in [-0.3, -0.25) is 4.79 Å². The van der Waals surface area contributed by atoms with Gasteiger partial charge in [-0.25, -0.2) is 0 Å². The molecule has 0 saturated heterocycles. The second kappa shape index (κ2) is 6.93. The van der Waals surface area contributed by atoms with Gasteiger partial charge >= 0.3 is 0 Å². The summed E-state index contributed by atoms with van der Waals surface area (Å²) in [6.07, 6.45) is 4.05. The number of rotatable bonds is 4. The van der Waals surface area contributed by atoms with Crippen molar-refractivity contribution in [3.63, 3.8) is 0 Å². The fourth-order valence-corrected chi connectivity index (χ4v) is 2.61. The van der Waals surface area contributed by atoms with Gasteiger partial charge in [-0.2, -0.15) is 0 Å². The number of carbonyl (C=O) groups is 1. The zero-order valence-corrected chi connectivity index (χ0v) is 13.1. The van der Waals surface area contributed by atoms with E-state index in [0.29, 0.717) is 6.54 Å². The lowest BCUT2D eigenvalue weighted by atomic mass is 10.0. The molecule has 3 aromatic rings. The highest BCUT2D eigenvalue weighted by Gasteiger charge is 2.13. The first kappa shape index (κ1) is 15.0.